The molecular formula is C11H14IN. The van der Waals surface area contributed by atoms with Crippen molar-refractivity contribution in [1.82, 2.24) is 0 Å². The molecule has 1 heterocycles. The van der Waals surface area contributed by atoms with E-state index in [4.69, 9.17) is 0 Å². The first-order valence-electron chi connectivity index (χ1n) is 4.86. The molecule has 1 aromatic carbocycles. The standard InChI is InChI=1S/C11H14IN/c1-2-9-5-6-11-10(8-9)4-3-7-13(11)12/h5-6,8H,2-4,7H2,1H3. The highest BCUT2D eigenvalue weighted by atomic mass is 127. The smallest absolute Gasteiger partial charge is 0.0591 e. The molecule has 0 radical (unpaired) electrons. The van der Waals surface area contributed by atoms with Gasteiger partial charge in [0.2, 0.25) is 0 Å². The number of nitrogens with zero attached hydrogens (tertiary/aromatic N) is 1. The van der Waals surface area contributed by atoms with E-state index in [2.05, 4.69) is 51.1 Å². The van der Waals surface area contributed by atoms with Crippen LogP contribution in [0, 0.1) is 0 Å². The molecule has 13 heavy (non-hydrogen) atoms. The highest BCUT2D eigenvalue weighted by molar-refractivity contribution is 14.1. The molecule has 70 valence electrons. The molecule has 1 aromatic rings. The van der Waals surface area contributed by atoms with Gasteiger partial charge in [-0.3, -0.25) is 0 Å². The van der Waals surface area contributed by atoms with Gasteiger partial charge < -0.3 is 3.11 Å². The third kappa shape index (κ3) is 1.82. The number of benzene rings is 1. The predicted molar refractivity (Wildman–Crippen MR) is 65.5 cm³/mol. The Morgan fingerprint density at radius 3 is 3.08 bits per heavy atom. The molecule has 0 amide bonds. The summed E-state index contributed by atoms with van der Waals surface area (Å²) in [6, 6.07) is 6.87. The van der Waals surface area contributed by atoms with E-state index in [1.54, 1.807) is 0 Å². The van der Waals surface area contributed by atoms with Crippen LogP contribution in [0.15, 0.2) is 18.2 Å². The monoisotopic (exact) mass is 287 g/mol. The first-order valence-corrected chi connectivity index (χ1v) is 5.83. The summed E-state index contributed by atoms with van der Waals surface area (Å²) in [5, 5.41) is 0. The lowest BCUT2D eigenvalue weighted by molar-refractivity contribution is 0.803. The second-order valence-electron chi connectivity index (χ2n) is 3.51. The lowest BCUT2D eigenvalue weighted by atomic mass is 10.00. The van der Waals surface area contributed by atoms with Crippen molar-refractivity contribution in [2.75, 3.05) is 9.66 Å². The van der Waals surface area contributed by atoms with Gasteiger partial charge in [0.15, 0.2) is 0 Å². The SMILES string of the molecule is CCc1ccc2c(c1)CCCN2I. The summed E-state index contributed by atoms with van der Waals surface area (Å²) in [6.45, 7) is 3.41. The van der Waals surface area contributed by atoms with Crippen molar-refractivity contribution in [1.29, 1.82) is 0 Å². The Kier molecular flexibility index (Phi) is 2.77. The molecule has 0 atom stereocenters. The van der Waals surface area contributed by atoms with Crippen LogP contribution in [0.4, 0.5) is 5.69 Å². The van der Waals surface area contributed by atoms with Crippen LogP contribution in [-0.2, 0) is 12.8 Å². The van der Waals surface area contributed by atoms with Gasteiger partial charge in [-0.05, 0) is 36.5 Å². The molecule has 0 aliphatic carbocycles. The molecule has 0 saturated carbocycles. The lowest BCUT2D eigenvalue weighted by Crippen LogP contribution is -2.18. The molecule has 1 nitrogen and oxygen atoms in total. The minimum Gasteiger partial charge on any atom is -0.315 e. The first kappa shape index (κ1) is 9.31. The van der Waals surface area contributed by atoms with Crippen molar-refractivity contribution in [3.05, 3.63) is 29.3 Å². The van der Waals surface area contributed by atoms with Crippen molar-refractivity contribution in [2.45, 2.75) is 26.2 Å². The molecule has 0 saturated heterocycles. The Bertz CT molecular complexity index is 309. The number of aryl methyl sites for hydroxylation is 2. The third-order valence-corrected chi connectivity index (χ3v) is 3.62. The van der Waals surface area contributed by atoms with Crippen molar-refractivity contribution in [3.63, 3.8) is 0 Å². The molecule has 0 fully saturated rings. The van der Waals surface area contributed by atoms with E-state index < -0.39 is 0 Å². The molecule has 0 spiro atoms. The summed E-state index contributed by atoms with van der Waals surface area (Å²) in [5.74, 6) is 0. The van der Waals surface area contributed by atoms with Gasteiger partial charge in [-0.15, -0.1) is 0 Å². The fraction of sp³-hybridized carbons (Fsp3) is 0.455. The Morgan fingerprint density at radius 2 is 2.31 bits per heavy atom. The molecule has 2 heteroatoms. The Balaban J connectivity index is 2.39. The molecule has 1 aliphatic rings. The molecule has 0 bridgehead atoms. The first-order chi connectivity index (χ1) is 6.31. The van der Waals surface area contributed by atoms with Gasteiger partial charge in [-0.2, -0.15) is 0 Å². The Hall–Kier alpha value is -0.250. The van der Waals surface area contributed by atoms with Crippen LogP contribution in [0.25, 0.3) is 0 Å². The number of fused-ring (bicyclic) bond motifs is 1. The summed E-state index contributed by atoms with van der Waals surface area (Å²) < 4.78 is 2.33. The van der Waals surface area contributed by atoms with E-state index in [1.165, 1.54) is 36.2 Å². The molecule has 0 unspecified atom stereocenters. The average Bonchev–Trinajstić information content (AvgIpc) is 2.18. The number of hydrogen-bond acceptors (Lipinski definition) is 1. The van der Waals surface area contributed by atoms with Crippen LogP contribution >= 0.6 is 22.9 Å². The maximum absolute atomic E-state index is 2.41. The van der Waals surface area contributed by atoms with E-state index in [0.717, 1.165) is 6.42 Å². The summed E-state index contributed by atoms with van der Waals surface area (Å²) >= 11 is 2.41. The lowest BCUT2D eigenvalue weighted by Gasteiger charge is -2.25. The third-order valence-electron chi connectivity index (χ3n) is 2.61. The zero-order valence-corrected chi connectivity index (χ0v) is 10.0. The minimum atomic E-state index is 1.15. The van der Waals surface area contributed by atoms with Crippen molar-refractivity contribution < 1.29 is 0 Å². The zero-order chi connectivity index (χ0) is 9.26. The van der Waals surface area contributed by atoms with Gasteiger partial charge in [0.1, 0.15) is 0 Å². The van der Waals surface area contributed by atoms with Gasteiger partial charge in [0, 0.05) is 12.2 Å². The van der Waals surface area contributed by atoms with Crippen LogP contribution in [-0.4, -0.2) is 6.54 Å². The minimum absolute atomic E-state index is 1.15. The van der Waals surface area contributed by atoms with Gasteiger partial charge >= 0.3 is 0 Å². The normalized spacial score (nSPS) is 15.7. The Labute approximate surface area is 93.6 Å². The van der Waals surface area contributed by atoms with Gasteiger partial charge in [-0.25, -0.2) is 0 Å². The second kappa shape index (κ2) is 3.86. The quantitative estimate of drug-likeness (QED) is 0.565. The van der Waals surface area contributed by atoms with Crippen LogP contribution in [0.2, 0.25) is 0 Å². The van der Waals surface area contributed by atoms with Gasteiger partial charge in [0.25, 0.3) is 0 Å². The number of rotatable bonds is 1. The van der Waals surface area contributed by atoms with E-state index in [-0.39, 0.29) is 0 Å². The van der Waals surface area contributed by atoms with Crippen LogP contribution < -0.4 is 3.11 Å². The number of anilines is 1. The van der Waals surface area contributed by atoms with Crippen LogP contribution in [0.1, 0.15) is 24.5 Å². The summed E-state index contributed by atoms with van der Waals surface area (Å²) in [5.41, 5.74) is 4.41. The number of hydrogen-bond donors (Lipinski definition) is 0. The maximum atomic E-state index is 2.41. The molecule has 2 rings (SSSR count). The fourth-order valence-corrected chi connectivity index (χ4v) is 2.64. The number of halogens is 1. The molecule has 0 aromatic heterocycles. The van der Waals surface area contributed by atoms with E-state index in [1.807, 2.05) is 0 Å². The molecule has 1 aliphatic heterocycles. The van der Waals surface area contributed by atoms with Crippen molar-refractivity contribution in [2.24, 2.45) is 0 Å². The van der Waals surface area contributed by atoms with E-state index in [9.17, 15) is 0 Å². The fourth-order valence-electron chi connectivity index (χ4n) is 1.82. The largest absolute Gasteiger partial charge is 0.315 e. The molecule has 0 N–H and O–H groups in total. The zero-order valence-electron chi connectivity index (χ0n) is 7.89. The maximum Gasteiger partial charge on any atom is 0.0591 e. The van der Waals surface area contributed by atoms with Gasteiger partial charge in [-0.1, -0.05) is 19.1 Å². The summed E-state index contributed by atoms with van der Waals surface area (Å²) in [7, 11) is 0. The summed E-state index contributed by atoms with van der Waals surface area (Å²) in [4.78, 5) is 0. The molecular weight excluding hydrogens is 273 g/mol. The summed E-state index contributed by atoms with van der Waals surface area (Å²) in [6.07, 6.45) is 3.69. The van der Waals surface area contributed by atoms with E-state index >= 15 is 0 Å². The highest BCUT2D eigenvalue weighted by Gasteiger charge is 2.14. The van der Waals surface area contributed by atoms with Crippen molar-refractivity contribution >= 4 is 28.6 Å². The second-order valence-corrected chi connectivity index (χ2v) is 4.67. The van der Waals surface area contributed by atoms with Crippen LogP contribution in [0.3, 0.4) is 0 Å². The Morgan fingerprint density at radius 1 is 1.46 bits per heavy atom. The predicted octanol–water partition coefficient (Wildman–Crippen LogP) is 3.35. The van der Waals surface area contributed by atoms with E-state index in [0.29, 0.717) is 0 Å². The highest BCUT2D eigenvalue weighted by Crippen LogP contribution is 2.30. The topological polar surface area (TPSA) is 3.24 Å². The van der Waals surface area contributed by atoms with Crippen molar-refractivity contribution in [3.8, 4) is 0 Å². The average molecular weight is 287 g/mol. The van der Waals surface area contributed by atoms with Gasteiger partial charge in [0.05, 0.1) is 22.9 Å². The van der Waals surface area contributed by atoms with Crippen LogP contribution in [0.5, 0.6) is 0 Å².